The minimum atomic E-state index is -1.14. The van der Waals surface area contributed by atoms with E-state index >= 15 is 0 Å². The van der Waals surface area contributed by atoms with Crippen LogP contribution in [-0.4, -0.2) is 118 Å². The average molecular weight is 890 g/mol. The number of azide groups is 1. The van der Waals surface area contributed by atoms with Crippen molar-refractivity contribution >= 4 is 11.9 Å². The molecule has 0 aromatic heterocycles. The average Bonchev–Trinajstić information content (AvgIpc) is 3.27. The Hall–Kier alpha value is -2.93. The summed E-state index contributed by atoms with van der Waals surface area (Å²) in [6.07, 6.45) is -8.06. The van der Waals surface area contributed by atoms with Gasteiger partial charge in [0.2, 0.25) is 0 Å². The van der Waals surface area contributed by atoms with Crippen molar-refractivity contribution in [1.29, 1.82) is 0 Å². The maximum Gasteiger partial charge on any atom is 0.303 e. The van der Waals surface area contributed by atoms with Crippen LogP contribution in [0.25, 0.3) is 10.4 Å². The van der Waals surface area contributed by atoms with Crippen molar-refractivity contribution in [2.75, 3.05) is 19.8 Å². The minimum absolute atomic E-state index is 0.00242. The van der Waals surface area contributed by atoms with E-state index in [1.165, 1.54) is 13.8 Å². The molecule has 0 aliphatic carbocycles. The second kappa shape index (κ2) is 22.5. The third kappa shape index (κ3) is 11.4. The van der Waals surface area contributed by atoms with Crippen molar-refractivity contribution in [3.05, 3.63) is 46.3 Å². The number of ether oxygens (including phenoxy) is 12. The van der Waals surface area contributed by atoms with Crippen LogP contribution in [0, 0.1) is 35.5 Å². The van der Waals surface area contributed by atoms with E-state index in [0.717, 1.165) is 5.56 Å². The number of benzene rings is 1. The summed E-state index contributed by atoms with van der Waals surface area (Å²) in [4.78, 5) is 28.4. The number of hydrogen-bond donors (Lipinski definition) is 0. The number of rotatable bonds is 16. The molecule has 0 radical (unpaired) electrons. The highest BCUT2D eigenvalue weighted by Crippen LogP contribution is 2.44. The summed E-state index contributed by atoms with van der Waals surface area (Å²) in [5, 5.41) is 3.58. The molecule has 0 N–H and O–H groups in total. The summed E-state index contributed by atoms with van der Waals surface area (Å²) in [5.74, 6) is -1.29. The van der Waals surface area contributed by atoms with Gasteiger partial charge in [-0.25, -0.2) is 0 Å². The highest BCUT2D eigenvalue weighted by Gasteiger charge is 2.57. The Bertz CT molecular complexity index is 1670. The van der Waals surface area contributed by atoms with Crippen LogP contribution in [-0.2, 0) is 66.4 Å². The van der Waals surface area contributed by atoms with Gasteiger partial charge in [0, 0.05) is 48.6 Å². The molecule has 0 amide bonds. The van der Waals surface area contributed by atoms with E-state index in [2.05, 4.69) is 51.6 Å². The van der Waals surface area contributed by atoms with Gasteiger partial charge < -0.3 is 56.8 Å². The molecule has 17 nitrogen and oxygen atoms in total. The normalized spacial score (nSPS) is 42.9. The molecule has 5 aliphatic rings. The van der Waals surface area contributed by atoms with Crippen molar-refractivity contribution < 1.29 is 66.4 Å². The SMILES string of the molecule is CCC1O[C@@H](OCCN=[N+]=[N-])C(C)[C@@H](C)[C@@H]1O[C@@H]1OC(CC)[C@@H](O[C@@H]2OC3COC(c4ccccc4)O[C@H]3[C@H](O[C@H]3O[C@@H](CC)[C@@H](C)C(C)C3OC(C)=O)C2OC(C)=O)[C@@H](C)C1C. The highest BCUT2D eigenvalue weighted by molar-refractivity contribution is 5.66. The van der Waals surface area contributed by atoms with E-state index in [-0.39, 0.29) is 73.6 Å². The molecule has 0 bridgehead atoms. The zero-order valence-electron chi connectivity index (χ0n) is 38.8. The molecule has 21 atom stereocenters. The predicted molar refractivity (Wildman–Crippen MR) is 226 cm³/mol. The molecule has 354 valence electrons. The molecular weight excluding hydrogens is 819 g/mol. The summed E-state index contributed by atoms with van der Waals surface area (Å²) in [5.41, 5.74) is 9.47. The number of carbonyl (C=O) groups is 2. The second-order valence-corrected chi connectivity index (χ2v) is 18.0. The standard InChI is InChI=1S/C46H71N3O14/c1-12-32-23(4)24(5)38(54-29(10)50)45(56-32)63-40-39-35(22-53-44(62-39)31-18-16-15-17-19-31)59-46(41(40)55-30(11)51)61-37-26(7)28(9)43(58-34(37)14-3)60-36-25(6)27(8)42(57-33(36)13-2)52-21-20-48-49-47/h15-19,23-28,32-46H,12-14,20-22H2,1-11H3/t23-,24?,25+,26-,27?,28?,32-,33?,34?,35?,36-,37-,38?,39+,40-,41?,42+,43-,44?,45+,46-/m0/s1. The molecule has 0 spiro atoms. The molecule has 6 rings (SSSR count). The van der Waals surface area contributed by atoms with E-state index in [0.29, 0.717) is 19.3 Å². The lowest BCUT2D eigenvalue weighted by Crippen LogP contribution is -2.67. The van der Waals surface area contributed by atoms with Crippen LogP contribution in [0.1, 0.15) is 107 Å². The number of esters is 2. The molecule has 1 aromatic rings. The van der Waals surface area contributed by atoms with Crippen molar-refractivity contribution in [1.82, 2.24) is 0 Å². The lowest BCUT2D eigenvalue weighted by Gasteiger charge is -2.53. The summed E-state index contributed by atoms with van der Waals surface area (Å²) < 4.78 is 78.4. The molecular formula is C46H71N3O14. The third-order valence-corrected chi connectivity index (χ3v) is 14.0. The molecule has 9 unspecified atom stereocenters. The van der Waals surface area contributed by atoms with Crippen molar-refractivity contribution in [2.45, 2.75) is 188 Å². The monoisotopic (exact) mass is 889 g/mol. The van der Waals surface area contributed by atoms with Gasteiger partial charge in [0.15, 0.2) is 43.7 Å². The molecule has 1 aromatic carbocycles. The first-order chi connectivity index (χ1) is 30.2. The van der Waals surface area contributed by atoms with E-state index in [1.807, 2.05) is 51.1 Å². The summed E-state index contributed by atoms with van der Waals surface area (Å²) in [6.45, 7) is 22.0. The number of carbonyl (C=O) groups excluding carboxylic acids is 2. The fourth-order valence-corrected chi connectivity index (χ4v) is 9.76. The largest absolute Gasteiger partial charge is 0.457 e. The van der Waals surface area contributed by atoms with Crippen molar-refractivity contribution in [3.8, 4) is 0 Å². The first-order valence-corrected chi connectivity index (χ1v) is 23.1. The summed E-state index contributed by atoms with van der Waals surface area (Å²) in [6, 6.07) is 9.55. The summed E-state index contributed by atoms with van der Waals surface area (Å²) in [7, 11) is 0. The third-order valence-electron chi connectivity index (χ3n) is 14.0. The van der Waals surface area contributed by atoms with Gasteiger partial charge in [0.25, 0.3) is 0 Å². The number of nitrogens with zero attached hydrogens (tertiary/aromatic N) is 3. The van der Waals surface area contributed by atoms with Crippen molar-refractivity contribution in [2.24, 2.45) is 40.6 Å². The number of hydrogen-bond acceptors (Lipinski definition) is 15. The Morgan fingerprint density at radius 1 is 0.635 bits per heavy atom. The van der Waals surface area contributed by atoms with Crippen molar-refractivity contribution in [3.63, 3.8) is 0 Å². The summed E-state index contributed by atoms with van der Waals surface area (Å²) >= 11 is 0. The molecule has 5 heterocycles. The van der Waals surface area contributed by atoms with Crippen LogP contribution >= 0.6 is 0 Å². The maximum atomic E-state index is 13.1. The van der Waals surface area contributed by atoms with E-state index in [4.69, 9.17) is 62.4 Å². The zero-order chi connectivity index (χ0) is 45.5. The Balaban J connectivity index is 1.26. The highest BCUT2D eigenvalue weighted by atomic mass is 16.8. The minimum Gasteiger partial charge on any atom is -0.457 e. The quantitative estimate of drug-likeness (QED) is 0.0524. The predicted octanol–water partition coefficient (Wildman–Crippen LogP) is 7.39. The van der Waals surface area contributed by atoms with E-state index < -0.39 is 86.1 Å². The fraction of sp³-hybridized carbons (Fsp3) is 0.826. The second-order valence-electron chi connectivity index (χ2n) is 18.0. The van der Waals surface area contributed by atoms with Gasteiger partial charge >= 0.3 is 11.9 Å². The van der Waals surface area contributed by atoms with Gasteiger partial charge in [0.05, 0.1) is 43.7 Å². The van der Waals surface area contributed by atoms with Crippen LogP contribution < -0.4 is 0 Å². The Kier molecular flexibility index (Phi) is 17.7. The first-order valence-electron chi connectivity index (χ1n) is 23.1. The van der Waals surface area contributed by atoms with Gasteiger partial charge in [-0.2, -0.15) is 0 Å². The van der Waals surface area contributed by atoms with Gasteiger partial charge in [-0.15, -0.1) is 0 Å². The maximum absolute atomic E-state index is 13.1. The van der Waals surface area contributed by atoms with Crippen LogP contribution in [0.2, 0.25) is 0 Å². The van der Waals surface area contributed by atoms with Crippen LogP contribution in [0.3, 0.4) is 0 Å². The van der Waals surface area contributed by atoms with Gasteiger partial charge in [-0.05, 0) is 42.5 Å². The Labute approximate surface area is 372 Å². The lowest BCUT2D eigenvalue weighted by molar-refractivity contribution is -0.402. The Morgan fingerprint density at radius 3 is 1.76 bits per heavy atom. The smallest absolute Gasteiger partial charge is 0.303 e. The number of fused-ring (bicyclic) bond motifs is 1. The van der Waals surface area contributed by atoms with Crippen LogP contribution in [0.4, 0.5) is 0 Å². The molecule has 17 heteroatoms. The Morgan fingerprint density at radius 2 is 1.16 bits per heavy atom. The molecule has 0 saturated carbocycles. The lowest BCUT2D eigenvalue weighted by atomic mass is 9.82. The van der Waals surface area contributed by atoms with Crippen LogP contribution in [0.15, 0.2) is 35.4 Å². The van der Waals surface area contributed by atoms with Gasteiger partial charge in [0.1, 0.15) is 18.3 Å². The van der Waals surface area contributed by atoms with Gasteiger partial charge in [-0.3, -0.25) is 9.59 Å². The molecule has 5 fully saturated rings. The van der Waals surface area contributed by atoms with Gasteiger partial charge in [-0.1, -0.05) is 97.8 Å². The van der Waals surface area contributed by atoms with E-state index in [9.17, 15) is 9.59 Å². The first kappa shape index (κ1) is 49.5. The molecule has 5 saturated heterocycles. The zero-order valence-corrected chi connectivity index (χ0v) is 38.8. The topological polar surface area (TPSA) is 194 Å². The molecule has 5 aliphatic heterocycles. The van der Waals surface area contributed by atoms with E-state index in [1.54, 1.807) is 0 Å². The fourth-order valence-electron chi connectivity index (χ4n) is 9.76. The molecule has 63 heavy (non-hydrogen) atoms. The van der Waals surface area contributed by atoms with Crippen LogP contribution in [0.5, 0.6) is 0 Å².